The highest BCUT2D eigenvalue weighted by Gasteiger charge is 2.16. The Hall–Kier alpha value is -1.86. The quantitative estimate of drug-likeness (QED) is 0.660. The summed E-state index contributed by atoms with van der Waals surface area (Å²) in [6.45, 7) is 0. The summed E-state index contributed by atoms with van der Waals surface area (Å²) in [6.07, 6.45) is 1.46. The highest BCUT2D eigenvalue weighted by atomic mass is 35.5. The molecule has 1 heterocycles. The Bertz CT molecular complexity index is 1090. The standard InChI is InChI=1S/C17H11Cl2NO3S2/c18-12-5-6-14(15(19)9-12)17(21)20-25(22,23)8-7-11-10-24-16-4-2-1-3-13(11)16/h1-10H,(H,20,21)/b8-7+. The predicted molar refractivity (Wildman–Crippen MR) is 104 cm³/mol. The van der Waals surface area contributed by atoms with Gasteiger partial charge in [-0.25, -0.2) is 13.1 Å². The molecular weight excluding hydrogens is 401 g/mol. The van der Waals surface area contributed by atoms with Gasteiger partial charge in [0.15, 0.2) is 0 Å². The van der Waals surface area contributed by atoms with Gasteiger partial charge < -0.3 is 0 Å². The van der Waals surface area contributed by atoms with Gasteiger partial charge in [-0.1, -0.05) is 41.4 Å². The van der Waals surface area contributed by atoms with Gasteiger partial charge in [-0.05, 0) is 46.7 Å². The fraction of sp³-hybridized carbons (Fsp3) is 0. The van der Waals surface area contributed by atoms with E-state index in [-0.39, 0.29) is 10.6 Å². The molecule has 0 aliphatic heterocycles. The molecule has 0 aliphatic carbocycles. The minimum Gasteiger partial charge on any atom is -0.268 e. The Morgan fingerprint density at radius 2 is 1.88 bits per heavy atom. The molecule has 0 bridgehead atoms. The maximum Gasteiger partial charge on any atom is 0.266 e. The molecular formula is C17H11Cl2NO3S2. The van der Waals surface area contributed by atoms with Gasteiger partial charge >= 0.3 is 0 Å². The first-order valence-corrected chi connectivity index (χ1v) is 10.2. The summed E-state index contributed by atoms with van der Waals surface area (Å²) in [7, 11) is -3.97. The lowest BCUT2D eigenvalue weighted by molar-refractivity contribution is 0.0982. The third-order valence-corrected chi connectivity index (χ3v) is 5.84. The third kappa shape index (κ3) is 4.22. The molecule has 8 heteroatoms. The summed E-state index contributed by atoms with van der Waals surface area (Å²) in [5, 5.41) is 4.20. The van der Waals surface area contributed by atoms with Crippen LogP contribution < -0.4 is 4.72 Å². The Kier molecular flexibility index (Phi) is 5.15. The van der Waals surface area contributed by atoms with Gasteiger partial charge in [0.05, 0.1) is 16.0 Å². The van der Waals surface area contributed by atoms with E-state index < -0.39 is 15.9 Å². The van der Waals surface area contributed by atoms with Crippen LogP contribution in [0, 0.1) is 0 Å². The number of rotatable bonds is 4. The summed E-state index contributed by atoms with van der Waals surface area (Å²) >= 11 is 13.2. The van der Waals surface area contributed by atoms with Crippen LogP contribution in [-0.4, -0.2) is 14.3 Å². The van der Waals surface area contributed by atoms with E-state index in [0.29, 0.717) is 5.02 Å². The fourth-order valence-corrected chi connectivity index (χ4v) is 4.37. The van der Waals surface area contributed by atoms with E-state index in [1.54, 1.807) is 0 Å². The highest BCUT2D eigenvalue weighted by Crippen LogP contribution is 2.26. The molecule has 128 valence electrons. The molecule has 0 saturated carbocycles. The zero-order valence-corrected chi connectivity index (χ0v) is 15.7. The average Bonchev–Trinajstić information content (AvgIpc) is 2.95. The lowest BCUT2D eigenvalue weighted by Crippen LogP contribution is -2.29. The second-order valence-corrected chi connectivity index (χ2v) is 8.41. The van der Waals surface area contributed by atoms with Crippen molar-refractivity contribution in [1.29, 1.82) is 0 Å². The van der Waals surface area contributed by atoms with Crippen molar-refractivity contribution in [2.75, 3.05) is 0 Å². The van der Waals surface area contributed by atoms with Crippen LogP contribution in [0.15, 0.2) is 53.3 Å². The molecule has 25 heavy (non-hydrogen) atoms. The van der Waals surface area contributed by atoms with E-state index in [0.717, 1.165) is 21.1 Å². The van der Waals surface area contributed by atoms with Crippen LogP contribution in [0.3, 0.4) is 0 Å². The Morgan fingerprint density at radius 1 is 1.12 bits per heavy atom. The highest BCUT2D eigenvalue weighted by molar-refractivity contribution is 7.93. The second-order valence-electron chi connectivity index (χ2n) is 5.09. The van der Waals surface area contributed by atoms with E-state index in [9.17, 15) is 13.2 Å². The van der Waals surface area contributed by atoms with Crippen LogP contribution in [0.5, 0.6) is 0 Å². The molecule has 4 nitrogen and oxygen atoms in total. The molecule has 0 aliphatic rings. The van der Waals surface area contributed by atoms with Gasteiger partial charge in [-0.2, -0.15) is 0 Å². The molecule has 0 spiro atoms. The number of carbonyl (C=O) groups excluding carboxylic acids is 1. The van der Waals surface area contributed by atoms with Crippen molar-refractivity contribution >= 4 is 66.6 Å². The average molecular weight is 412 g/mol. The van der Waals surface area contributed by atoms with Gasteiger partial charge in [0.25, 0.3) is 15.9 Å². The van der Waals surface area contributed by atoms with Crippen molar-refractivity contribution < 1.29 is 13.2 Å². The van der Waals surface area contributed by atoms with Crippen LogP contribution >= 0.6 is 34.5 Å². The summed E-state index contributed by atoms with van der Waals surface area (Å²) in [6, 6.07) is 11.9. The van der Waals surface area contributed by atoms with Crippen molar-refractivity contribution in [3.8, 4) is 0 Å². The Morgan fingerprint density at radius 3 is 2.64 bits per heavy atom. The molecule has 0 saturated heterocycles. The van der Waals surface area contributed by atoms with Gasteiger partial charge in [0.2, 0.25) is 0 Å². The van der Waals surface area contributed by atoms with Crippen molar-refractivity contribution in [2.45, 2.75) is 0 Å². The number of thiophene rings is 1. The van der Waals surface area contributed by atoms with E-state index >= 15 is 0 Å². The van der Waals surface area contributed by atoms with E-state index in [1.807, 2.05) is 34.4 Å². The van der Waals surface area contributed by atoms with Gasteiger partial charge in [-0.15, -0.1) is 11.3 Å². The molecule has 0 radical (unpaired) electrons. The van der Waals surface area contributed by atoms with E-state index in [2.05, 4.69) is 0 Å². The van der Waals surface area contributed by atoms with Gasteiger partial charge in [-0.3, -0.25) is 4.79 Å². The summed E-state index contributed by atoms with van der Waals surface area (Å²) < 4.78 is 27.3. The number of nitrogens with one attached hydrogen (secondary N) is 1. The number of sulfonamides is 1. The number of hydrogen-bond donors (Lipinski definition) is 1. The molecule has 0 unspecified atom stereocenters. The molecule has 3 rings (SSSR count). The van der Waals surface area contributed by atoms with Crippen molar-refractivity contribution in [3.05, 3.63) is 74.4 Å². The number of benzene rings is 2. The number of amides is 1. The van der Waals surface area contributed by atoms with Crippen LogP contribution in [-0.2, 0) is 10.0 Å². The Balaban J connectivity index is 1.81. The molecule has 3 aromatic rings. The summed E-state index contributed by atoms with van der Waals surface area (Å²) in [4.78, 5) is 12.1. The molecule has 1 amide bonds. The topological polar surface area (TPSA) is 63.2 Å². The first kappa shape index (κ1) is 17.9. The van der Waals surface area contributed by atoms with Crippen LogP contribution in [0.4, 0.5) is 0 Å². The summed E-state index contributed by atoms with van der Waals surface area (Å²) in [5.41, 5.74) is 0.798. The zero-order valence-electron chi connectivity index (χ0n) is 12.6. The van der Waals surface area contributed by atoms with Gasteiger partial charge in [0.1, 0.15) is 0 Å². The van der Waals surface area contributed by atoms with E-state index in [1.165, 1.54) is 35.6 Å². The number of hydrogen-bond acceptors (Lipinski definition) is 4. The maximum atomic E-state index is 12.1. The van der Waals surface area contributed by atoms with E-state index in [4.69, 9.17) is 23.2 Å². The normalized spacial score (nSPS) is 11.9. The van der Waals surface area contributed by atoms with Gasteiger partial charge in [0, 0.05) is 9.72 Å². The monoisotopic (exact) mass is 411 g/mol. The predicted octanol–water partition coefficient (Wildman–Crippen LogP) is 4.94. The first-order chi connectivity index (χ1) is 11.9. The number of fused-ring (bicyclic) bond motifs is 1. The molecule has 0 atom stereocenters. The smallest absolute Gasteiger partial charge is 0.266 e. The second kappa shape index (κ2) is 7.17. The maximum absolute atomic E-state index is 12.1. The first-order valence-electron chi connectivity index (χ1n) is 7.02. The zero-order chi connectivity index (χ0) is 18.0. The molecule has 1 aromatic heterocycles. The van der Waals surface area contributed by atoms with Crippen LogP contribution in [0.25, 0.3) is 16.2 Å². The minimum absolute atomic E-state index is 0.0315. The lowest BCUT2D eigenvalue weighted by atomic mass is 10.2. The van der Waals surface area contributed by atoms with Crippen molar-refractivity contribution in [2.24, 2.45) is 0 Å². The van der Waals surface area contributed by atoms with Crippen molar-refractivity contribution in [3.63, 3.8) is 0 Å². The Labute approximate surface area is 158 Å². The minimum atomic E-state index is -3.97. The SMILES string of the molecule is O=C(NS(=O)(=O)/C=C/c1csc2ccccc12)c1ccc(Cl)cc1Cl. The lowest BCUT2D eigenvalue weighted by Gasteiger charge is -2.05. The molecule has 1 N–H and O–H groups in total. The summed E-state index contributed by atoms with van der Waals surface area (Å²) in [5.74, 6) is -0.818. The third-order valence-electron chi connectivity index (χ3n) is 3.35. The number of carbonyl (C=O) groups is 1. The molecule has 2 aromatic carbocycles. The largest absolute Gasteiger partial charge is 0.268 e. The number of halogens is 2. The van der Waals surface area contributed by atoms with Crippen LogP contribution in [0.1, 0.15) is 15.9 Å². The molecule has 0 fully saturated rings. The van der Waals surface area contributed by atoms with Crippen LogP contribution in [0.2, 0.25) is 10.0 Å². The fourth-order valence-electron chi connectivity index (χ4n) is 2.18. The van der Waals surface area contributed by atoms with Crippen molar-refractivity contribution in [1.82, 2.24) is 4.72 Å².